The van der Waals surface area contributed by atoms with Gasteiger partial charge in [0.25, 0.3) is 11.0 Å². The molecule has 0 aliphatic heterocycles. The van der Waals surface area contributed by atoms with Gasteiger partial charge >= 0.3 is 0 Å². The van der Waals surface area contributed by atoms with Gasteiger partial charge in [-0.3, -0.25) is 4.79 Å². The van der Waals surface area contributed by atoms with Gasteiger partial charge in [-0.1, -0.05) is 109 Å². The van der Waals surface area contributed by atoms with Gasteiger partial charge in [-0.25, -0.2) is 0 Å². The number of azo groups is 1. The van der Waals surface area contributed by atoms with Crippen molar-refractivity contribution in [2.24, 2.45) is 28.0 Å². The van der Waals surface area contributed by atoms with Crippen LogP contribution in [0.15, 0.2) is 44.2 Å². The zero-order valence-electron chi connectivity index (χ0n) is 27.8. The van der Waals surface area contributed by atoms with E-state index in [4.69, 9.17) is 15.9 Å². The number of thioether (sulfide) groups is 1. The fraction of sp³-hybridized carbons (Fsp3) is 0.618. The minimum absolute atomic E-state index is 0.258. The third-order valence-electron chi connectivity index (χ3n) is 7.06. The van der Waals surface area contributed by atoms with E-state index in [1.165, 1.54) is 56.8 Å². The van der Waals surface area contributed by atoms with Gasteiger partial charge in [0.05, 0.1) is 12.3 Å². The average molecular weight is 658 g/mol. The molecule has 0 radical (unpaired) electrons. The Bertz CT molecular complexity index is 1270. The number of terminal acetylenes is 1. The van der Waals surface area contributed by atoms with Crippen LogP contribution in [0.4, 0.5) is 10.8 Å². The minimum atomic E-state index is -0.669. The molecule has 1 unspecified atom stereocenters. The number of nitrogens with zero attached hydrogens (tertiary/aromatic N) is 4. The van der Waals surface area contributed by atoms with Crippen molar-refractivity contribution >= 4 is 39.8 Å². The molecule has 0 bridgehead atoms. The number of aliphatic hydroxyl groups excluding tert-OH is 1. The lowest BCUT2D eigenvalue weighted by Gasteiger charge is -2.17. The van der Waals surface area contributed by atoms with Crippen LogP contribution in [0.2, 0.25) is 0 Å². The quantitative estimate of drug-likeness (QED) is 0.0323. The van der Waals surface area contributed by atoms with Crippen LogP contribution in [0.3, 0.4) is 0 Å². The van der Waals surface area contributed by atoms with E-state index in [0.29, 0.717) is 40.8 Å². The molecule has 1 aromatic heterocycles. The lowest BCUT2D eigenvalue weighted by atomic mass is 9.93. The number of unbranched alkanes of at least 4 members (excludes halogenated alkanes) is 4. The number of hydrogen-bond acceptors (Lipinski definition) is 10. The van der Waals surface area contributed by atoms with E-state index in [1.54, 1.807) is 30.0 Å². The lowest BCUT2D eigenvalue weighted by Crippen LogP contribution is -2.15. The van der Waals surface area contributed by atoms with E-state index in [1.807, 2.05) is 0 Å². The van der Waals surface area contributed by atoms with Gasteiger partial charge in [0.1, 0.15) is 23.4 Å². The Labute approximate surface area is 278 Å². The number of amides is 1. The van der Waals surface area contributed by atoms with E-state index in [2.05, 4.69) is 66.5 Å². The van der Waals surface area contributed by atoms with Crippen molar-refractivity contribution in [3.8, 4) is 24.0 Å². The number of carbonyl (C=O) groups is 1. The molecular formula is C34H51N5O4S2. The number of aliphatic hydroxyl groups is 1. The molecule has 0 aliphatic carbocycles. The van der Waals surface area contributed by atoms with Crippen LogP contribution in [-0.4, -0.2) is 33.6 Å². The highest BCUT2D eigenvalue weighted by Gasteiger charge is 2.18. The van der Waals surface area contributed by atoms with E-state index in [9.17, 15) is 9.90 Å². The lowest BCUT2D eigenvalue weighted by molar-refractivity contribution is -0.113. The van der Waals surface area contributed by atoms with E-state index >= 15 is 0 Å². The van der Waals surface area contributed by atoms with Crippen LogP contribution in [-0.2, 0) is 4.79 Å². The topological polar surface area (TPSA) is 118 Å². The summed E-state index contributed by atoms with van der Waals surface area (Å²) in [6.45, 7) is 13.1. The summed E-state index contributed by atoms with van der Waals surface area (Å²) in [5.41, 5.74) is 0.0785. The summed E-state index contributed by atoms with van der Waals surface area (Å²) < 4.78 is 11.9. The number of anilines is 1. The number of hydrogen-bond donors (Lipinski definition) is 2. The Morgan fingerprint density at radius 1 is 1.07 bits per heavy atom. The second kappa shape index (κ2) is 21.6. The predicted octanol–water partition coefficient (Wildman–Crippen LogP) is 10.3. The summed E-state index contributed by atoms with van der Waals surface area (Å²) in [5.74, 6) is 2.89. The van der Waals surface area contributed by atoms with Gasteiger partial charge in [-0.15, -0.1) is 20.4 Å². The second-order valence-corrected chi connectivity index (χ2v) is 14.3. The number of nitrogens with one attached hydrogen (secondary N) is 1. The average Bonchev–Trinajstić information content (AvgIpc) is 3.44. The number of aromatic nitrogens is 2. The van der Waals surface area contributed by atoms with Gasteiger partial charge in [-0.05, 0) is 56.1 Å². The number of rotatable bonds is 22. The molecule has 1 atom stereocenters. The molecule has 0 spiro atoms. The summed E-state index contributed by atoms with van der Waals surface area (Å²) in [6.07, 6.45) is 19.0. The van der Waals surface area contributed by atoms with Gasteiger partial charge in [0, 0.05) is 11.8 Å². The highest BCUT2D eigenvalue weighted by atomic mass is 32.2. The zero-order chi connectivity index (χ0) is 33.0. The molecule has 11 heteroatoms. The largest absolute Gasteiger partial charge is 0.510 e. The maximum Gasteiger partial charge on any atom is 0.279 e. The van der Waals surface area contributed by atoms with Crippen LogP contribution >= 0.6 is 23.1 Å². The number of carbonyl (C=O) groups excluding carboxylic acids is 1. The summed E-state index contributed by atoms with van der Waals surface area (Å²) in [5, 5.41) is 29.9. The van der Waals surface area contributed by atoms with E-state index < -0.39 is 5.91 Å². The van der Waals surface area contributed by atoms with Crippen molar-refractivity contribution < 1.29 is 19.4 Å². The first-order valence-corrected chi connectivity index (χ1v) is 17.9. The van der Waals surface area contributed by atoms with Gasteiger partial charge in [0.2, 0.25) is 0 Å². The molecule has 0 aliphatic rings. The maximum atomic E-state index is 13.2. The zero-order valence-corrected chi connectivity index (χ0v) is 29.4. The number of allylic oxidation sites excluding steroid dienone is 1. The summed E-state index contributed by atoms with van der Waals surface area (Å²) >= 11 is 3.01. The third-order valence-corrected chi connectivity index (χ3v) is 9.23. The Morgan fingerprint density at radius 3 is 2.51 bits per heavy atom. The van der Waals surface area contributed by atoms with Crippen molar-refractivity contribution in [1.82, 2.24) is 10.2 Å². The van der Waals surface area contributed by atoms with Gasteiger partial charge in [0.15, 0.2) is 10.0 Å². The van der Waals surface area contributed by atoms with Crippen molar-refractivity contribution in [1.29, 1.82) is 0 Å². The number of benzene rings is 1. The molecule has 2 rings (SSSR count). The van der Waals surface area contributed by atoms with Crippen molar-refractivity contribution in [3.63, 3.8) is 0 Å². The molecule has 9 nitrogen and oxygen atoms in total. The van der Waals surface area contributed by atoms with E-state index in [0.717, 1.165) is 41.7 Å². The molecule has 2 N–H and O–H groups in total. The summed E-state index contributed by atoms with van der Waals surface area (Å²) in [7, 11) is 0. The Morgan fingerprint density at radius 2 is 1.82 bits per heavy atom. The van der Waals surface area contributed by atoms with Crippen LogP contribution in [0.1, 0.15) is 106 Å². The standard InChI is InChI=1S/C34H51N5O4S2/c1-8-10-11-14-21-43-30-20-19-28(42-9-2)22-29(30)35-32(41)31(26(7)40)36-37-33-38-39-34(45-33)44-23-27(18-17-25(5)6)16-13-12-15-24(3)4/h2,19-20,22,24-25,27,40H,8,10-18,21,23H2,1,3-7H3,(H,35,41)/b31-26+,37-36?. The molecular weight excluding hydrogens is 607 g/mol. The molecule has 248 valence electrons. The highest BCUT2D eigenvalue weighted by Crippen LogP contribution is 2.33. The summed E-state index contributed by atoms with van der Waals surface area (Å²) in [6, 6.07) is 4.90. The van der Waals surface area contributed by atoms with Crippen LogP contribution in [0, 0.1) is 30.3 Å². The molecule has 2 aromatic rings. The van der Waals surface area contributed by atoms with Crippen LogP contribution < -0.4 is 14.8 Å². The Kier molecular flexibility index (Phi) is 18.3. The van der Waals surface area contributed by atoms with E-state index in [-0.39, 0.29) is 11.5 Å². The van der Waals surface area contributed by atoms with Crippen molar-refractivity contribution in [2.45, 2.75) is 110 Å². The molecule has 0 saturated heterocycles. The normalized spacial score (nSPS) is 12.8. The first-order valence-electron chi connectivity index (χ1n) is 16.1. The van der Waals surface area contributed by atoms with Gasteiger partial charge < -0.3 is 19.9 Å². The van der Waals surface area contributed by atoms with Crippen molar-refractivity contribution in [3.05, 3.63) is 29.7 Å². The Hall–Kier alpha value is -3.10. The molecule has 0 fully saturated rings. The second-order valence-electron chi connectivity index (χ2n) is 12.1. The molecule has 45 heavy (non-hydrogen) atoms. The summed E-state index contributed by atoms with van der Waals surface area (Å²) in [4.78, 5) is 13.2. The van der Waals surface area contributed by atoms with Crippen molar-refractivity contribution in [2.75, 3.05) is 17.7 Å². The monoisotopic (exact) mass is 657 g/mol. The Balaban J connectivity index is 2.06. The highest BCUT2D eigenvalue weighted by molar-refractivity contribution is 8.01. The molecule has 1 amide bonds. The minimum Gasteiger partial charge on any atom is -0.510 e. The fourth-order valence-electron chi connectivity index (χ4n) is 4.49. The van der Waals surface area contributed by atoms with Crippen LogP contribution in [0.5, 0.6) is 11.5 Å². The molecule has 0 saturated carbocycles. The third kappa shape index (κ3) is 15.6. The SMILES string of the molecule is C#COc1ccc(OCCCCCC)c(NC(=O)/C(N=Nc2nnc(SCC(CCCCC(C)C)CCC(C)C)s2)=C(/C)O)c1. The molecule has 1 heterocycles. The van der Waals surface area contributed by atoms with Crippen LogP contribution in [0.25, 0.3) is 0 Å². The molecule has 1 aromatic carbocycles. The smallest absolute Gasteiger partial charge is 0.279 e. The number of ether oxygens (including phenoxy) is 2. The predicted molar refractivity (Wildman–Crippen MR) is 186 cm³/mol. The van der Waals surface area contributed by atoms with Gasteiger partial charge in [-0.2, -0.15) is 0 Å². The first kappa shape index (κ1) is 38.1. The first-order chi connectivity index (χ1) is 21.6. The fourth-order valence-corrected chi connectivity index (χ4v) is 6.36. The maximum absolute atomic E-state index is 13.2.